The molecule has 0 radical (unpaired) electrons. The van der Waals surface area contributed by atoms with Gasteiger partial charge in [-0.15, -0.1) is 0 Å². The Morgan fingerprint density at radius 3 is 2.52 bits per heavy atom. The van der Waals surface area contributed by atoms with Crippen molar-refractivity contribution in [1.29, 1.82) is 0 Å². The van der Waals surface area contributed by atoms with Gasteiger partial charge in [-0.1, -0.05) is 18.2 Å². The van der Waals surface area contributed by atoms with Gasteiger partial charge in [0.05, 0.1) is 11.2 Å². The van der Waals surface area contributed by atoms with Crippen molar-refractivity contribution in [3.05, 3.63) is 41.5 Å². The van der Waals surface area contributed by atoms with Gasteiger partial charge in [-0.3, -0.25) is 5.10 Å². The van der Waals surface area contributed by atoms with Crippen molar-refractivity contribution in [2.45, 2.75) is 70.7 Å². The highest BCUT2D eigenvalue weighted by molar-refractivity contribution is 6.62. The van der Waals surface area contributed by atoms with Crippen LogP contribution in [0.3, 0.4) is 0 Å². The normalized spacial score (nSPS) is 27.1. The molecule has 1 N–H and O–H groups in total. The number of nitrogens with zero attached hydrogens (tertiary/aromatic N) is 2. The average Bonchev–Trinajstić information content (AvgIpc) is 3.21. The Morgan fingerprint density at radius 2 is 1.89 bits per heavy atom. The molecule has 0 spiro atoms. The van der Waals surface area contributed by atoms with Crippen LogP contribution >= 0.6 is 0 Å². The largest absolute Gasteiger partial charge is 0.494 e. The minimum atomic E-state index is -0.338. The molecule has 6 nitrogen and oxygen atoms in total. The van der Waals surface area contributed by atoms with Crippen LogP contribution in [0.2, 0.25) is 0 Å². The van der Waals surface area contributed by atoms with Gasteiger partial charge in [0.25, 0.3) is 0 Å². The predicted molar refractivity (Wildman–Crippen MR) is 104 cm³/mol. The van der Waals surface area contributed by atoms with Gasteiger partial charge < -0.3 is 14.0 Å². The number of rotatable bonds is 3. The van der Waals surface area contributed by atoms with E-state index in [0.717, 1.165) is 30.7 Å². The Kier molecular flexibility index (Phi) is 4.65. The monoisotopic (exact) mass is 369 g/mol. The summed E-state index contributed by atoms with van der Waals surface area (Å²) in [5.74, 6) is 1.06. The van der Waals surface area contributed by atoms with Crippen LogP contribution in [0.25, 0.3) is 0 Å². The topological polar surface area (TPSA) is 69.3 Å². The van der Waals surface area contributed by atoms with Gasteiger partial charge >= 0.3 is 7.12 Å². The Bertz CT molecular complexity index is 791. The highest BCUT2D eigenvalue weighted by Gasteiger charge is 2.51. The Balaban J connectivity index is 1.60. The molecular formula is C20H28BN3O3. The number of aryl methyl sites for hydroxylation is 1. The molecule has 7 heteroatoms. The van der Waals surface area contributed by atoms with Crippen molar-refractivity contribution in [3.63, 3.8) is 0 Å². The summed E-state index contributed by atoms with van der Waals surface area (Å²) >= 11 is 0. The van der Waals surface area contributed by atoms with E-state index in [1.807, 2.05) is 0 Å². The van der Waals surface area contributed by atoms with E-state index in [0.29, 0.717) is 0 Å². The van der Waals surface area contributed by atoms with Crippen LogP contribution in [0, 0.1) is 6.92 Å². The number of nitrogens with one attached hydrogen (secondary N) is 1. The van der Waals surface area contributed by atoms with E-state index < -0.39 is 0 Å². The Morgan fingerprint density at radius 1 is 1.15 bits per heavy atom. The van der Waals surface area contributed by atoms with Gasteiger partial charge in [0.15, 0.2) is 5.82 Å². The first-order chi connectivity index (χ1) is 12.8. The van der Waals surface area contributed by atoms with Crippen LogP contribution in [0.5, 0.6) is 0 Å². The Hall–Kier alpha value is -1.70. The smallest absolute Gasteiger partial charge is 0.399 e. The zero-order valence-corrected chi connectivity index (χ0v) is 16.8. The lowest BCUT2D eigenvalue weighted by Crippen LogP contribution is -2.41. The first-order valence-electron chi connectivity index (χ1n) is 9.71. The molecular weight excluding hydrogens is 341 g/mol. The van der Waals surface area contributed by atoms with E-state index in [9.17, 15) is 0 Å². The third-order valence-corrected chi connectivity index (χ3v) is 6.24. The van der Waals surface area contributed by atoms with E-state index in [1.54, 1.807) is 6.33 Å². The first kappa shape index (κ1) is 18.7. The quantitative estimate of drug-likeness (QED) is 0.843. The third-order valence-electron chi connectivity index (χ3n) is 6.24. The Labute approximate surface area is 161 Å². The van der Waals surface area contributed by atoms with E-state index in [-0.39, 0.29) is 30.3 Å². The highest BCUT2D eigenvalue weighted by Crippen LogP contribution is 2.41. The summed E-state index contributed by atoms with van der Waals surface area (Å²) in [6.45, 7) is 11.2. The minimum Gasteiger partial charge on any atom is -0.399 e. The molecule has 2 saturated heterocycles. The van der Waals surface area contributed by atoms with E-state index in [4.69, 9.17) is 14.0 Å². The molecule has 0 amide bonds. The number of H-pyrrole nitrogens is 1. The lowest BCUT2D eigenvalue weighted by Gasteiger charge is -2.32. The minimum absolute atomic E-state index is 0.0809. The van der Waals surface area contributed by atoms with E-state index in [1.165, 1.54) is 11.1 Å². The van der Waals surface area contributed by atoms with Crippen molar-refractivity contribution >= 4 is 12.6 Å². The van der Waals surface area contributed by atoms with Crippen LogP contribution in [0.15, 0.2) is 24.5 Å². The van der Waals surface area contributed by atoms with Crippen molar-refractivity contribution in [1.82, 2.24) is 15.2 Å². The maximum Gasteiger partial charge on any atom is 0.494 e. The summed E-state index contributed by atoms with van der Waals surface area (Å²) in [7, 11) is -0.338. The maximum absolute atomic E-state index is 6.20. The van der Waals surface area contributed by atoms with Crippen LogP contribution in [-0.2, 0) is 14.0 Å². The molecule has 2 unspecified atom stereocenters. The number of benzene rings is 1. The molecule has 0 bridgehead atoms. The molecule has 2 atom stereocenters. The molecule has 0 aliphatic carbocycles. The number of hydrogen-bond donors (Lipinski definition) is 1. The van der Waals surface area contributed by atoms with E-state index >= 15 is 0 Å². The zero-order chi connectivity index (χ0) is 19.2. The lowest BCUT2D eigenvalue weighted by atomic mass is 9.75. The molecule has 144 valence electrons. The fraction of sp³-hybridized carbons (Fsp3) is 0.600. The summed E-state index contributed by atoms with van der Waals surface area (Å²) in [5, 5.41) is 6.97. The second-order valence-corrected chi connectivity index (χ2v) is 8.62. The molecule has 3 heterocycles. The highest BCUT2D eigenvalue weighted by atomic mass is 16.7. The first-order valence-corrected chi connectivity index (χ1v) is 9.71. The molecule has 1 aromatic heterocycles. The van der Waals surface area contributed by atoms with Gasteiger partial charge in [-0.05, 0) is 64.1 Å². The summed E-state index contributed by atoms with van der Waals surface area (Å²) in [6.07, 6.45) is 3.58. The lowest BCUT2D eigenvalue weighted by molar-refractivity contribution is -0.00756. The van der Waals surface area contributed by atoms with Gasteiger partial charge in [-0.25, -0.2) is 4.98 Å². The molecule has 2 aromatic rings. The molecule has 27 heavy (non-hydrogen) atoms. The van der Waals surface area contributed by atoms with Crippen molar-refractivity contribution < 1.29 is 14.0 Å². The summed E-state index contributed by atoms with van der Waals surface area (Å²) in [4.78, 5) is 4.33. The SMILES string of the molecule is Cc1cc(B2OC(C)(C)C(C)(C)O2)ccc1C1CCCOC1c1ncn[nH]1. The fourth-order valence-corrected chi connectivity index (χ4v) is 3.96. The molecule has 0 saturated carbocycles. The predicted octanol–water partition coefficient (Wildman–Crippen LogP) is 3.05. The number of hydrogen-bond acceptors (Lipinski definition) is 5. The van der Waals surface area contributed by atoms with Crippen molar-refractivity contribution in [2.24, 2.45) is 0 Å². The van der Waals surface area contributed by atoms with Gasteiger partial charge in [-0.2, -0.15) is 5.10 Å². The van der Waals surface area contributed by atoms with Crippen molar-refractivity contribution in [2.75, 3.05) is 6.61 Å². The van der Waals surface area contributed by atoms with Gasteiger partial charge in [0, 0.05) is 12.5 Å². The summed E-state index contributed by atoms with van der Waals surface area (Å²) in [6, 6.07) is 6.50. The van der Waals surface area contributed by atoms with Gasteiger partial charge in [0.2, 0.25) is 0 Å². The number of aromatic nitrogens is 3. The summed E-state index contributed by atoms with van der Waals surface area (Å²) in [5.41, 5.74) is 2.90. The molecule has 2 fully saturated rings. The van der Waals surface area contributed by atoms with Crippen LogP contribution in [-0.4, -0.2) is 40.1 Å². The van der Waals surface area contributed by atoms with Crippen LogP contribution < -0.4 is 5.46 Å². The molecule has 2 aliphatic heterocycles. The van der Waals surface area contributed by atoms with Crippen LogP contribution in [0.1, 0.15) is 69.5 Å². The summed E-state index contributed by atoms with van der Waals surface area (Å²) < 4.78 is 18.4. The number of aromatic amines is 1. The van der Waals surface area contributed by atoms with Crippen LogP contribution in [0.4, 0.5) is 0 Å². The molecule has 4 rings (SSSR count). The molecule has 2 aliphatic rings. The average molecular weight is 369 g/mol. The second-order valence-electron chi connectivity index (χ2n) is 8.62. The standard InChI is InChI=1S/C20H28BN3O3/c1-13-11-14(21-26-19(2,3)20(4,5)27-21)8-9-15(13)16-7-6-10-25-17(16)18-22-12-23-24-18/h8-9,11-12,16-17H,6-7,10H2,1-5H3,(H,22,23,24). The van der Waals surface area contributed by atoms with Gasteiger partial charge in [0.1, 0.15) is 12.4 Å². The molecule has 1 aromatic carbocycles. The van der Waals surface area contributed by atoms with Crippen molar-refractivity contribution in [3.8, 4) is 0 Å². The number of ether oxygens (including phenoxy) is 1. The fourth-order valence-electron chi connectivity index (χ4n) is 3.96. The maximum atomic E-state index is 6.20. The van der Waals surface area contributed by atoms with E-state index in [2.05, 4.69) is 68.0 Å². The third kappa shape index (κ3) is 3.32. The second kappa shape index (κ2) is 6.72. The zero-order valence-electron chi connectivity index (χ0n) is 16.8.